The Morgan fingerprint density at radius 1 is 0.903 bits per heavy atom. The zero-order chi connectivity index (χ0) is 22.1. The van der Waals surface area contributed by atoms with Crippen LogP contribution in [0.1, 0.15) is 32.6 Å². The molecule has 0 aliphatic heterocycles. The number of benzene rings is 3. The summed E-state index contributed by atoms with van der Waals surface area (Å²) < 4.78 is 0. The minimum absolute atomic E-state index is 0.156. The molecular formula is C26H23ClN2O2. The largest absolute Gasteiger partial charge is 0.322 e. The predicted octanol–water partition coefficient (Wildman–Crippen LogP) is 5.95. The van der Waals surface area contributed by atoms with Crippen LogP contribution in [0, 0.1) is 20.8 Å². The number of amides is 1. The minimum Gasteiger partial charge on any atom is -0.322 e. The molecule has 156 valence electrons. The Morgan fingerprint density at radius 3 is 2.35 bits per heavy atom. The van der Waals surface area contributed by atoms with Crippen molar-refractivity contribution in [1.82, 2.24) is 4.98 Å². The van der Waals surface area contributed by atoms with Crippen LogP contribution in [0.2, 0.25) is 5.02 Å². The molecule has 0 unspecified atom stereocenters. The van der Waals surface area contributed by atoms with Gasteiger partial charge >= 0.3 is 0 Å². The van der Waals surface area contributed by atoms with E-state index in [-0.39, 0.29) is 18.0 Å². The Morgan fingerprint density at radius 2 is 1.65 bits per heavy atom. The number of aryl methyl sites for hydroxylation is 3. The molecule has 0 aliphatic rings. The molecule has 0 atom stereocenters. The lowest BCUT2D eigenvalue weighted by Crippen LogP contribution is -2.33. The van der Waals surface area contributed by atoms with Crippen molar-refractivity contribution in [1.29, 1.82) is 0 Å². The summed E-state index contributed by atoms with van der Waals surface area (Å²) in [6, 6.07) is 20.4. The number of hydrogen-bond donors (Lipinski definition) is 1. The Kier molecular flexibility index (Phi) is 5.66. The van der Waals surface area contributed by atoms with E-state index in [1.165, 1.54) is 0 Å². The van der Waals surface area contributed by atoms with Gasteiger partial charge < -0.3 is 9.88 Å². The molecule has 4 rings (SSSR count). The van der Waals surface area contributed by atoms with Crippen molar-refractivity contribution in [2.75, 3.05) is 4.90 Å². The number of fused-ring (bicyclic) bond motifs is 1. The maximum atomic E-state index is 13.4. The van der Waals surface area contributed by atoms with Gasteiger partial charge in [0, 0.05) is 27.4 Å². The van der Waals surface area contributed by atoms with Gasteiger partial charge in [-0.05, 0) is 91.4 Å². The van der Waals surface area contributed by atoms with Gasteiger partial charge in [0.15, 0.2) is 0 Å². The second kappa shape index (κ2) is 8.40. The van der Waals surface area contributed by atoms with Gasteiger partial charge in [0.1, 0.15) is 0 Å². The van der Waals surface area contributed by atoms with Crippen molar-refractivity contribution in [3.8, 4) is 0 Å². The van der Waals surface area contributed by atoms with E-state index in [1.807, 2.05) is 63.2 Å². The fraction of sp³-hybridized carbons (Fsp3) is 0.154. The SMILES string of the molecule is Cc1ccc2cc(CN(C(=O)c3ccc(Cl)cc3)c3ccc(C)c(C)c3)c(=O)[nH]c2c1. The van der Waals surface area contributed by atoms with Crippen molar-refractivity contribution in [3.05, 3.63) is 110 Å². The number of nitrogens with zero attached hydrogens (tertiary/aromatic N) is 1. The third kappa shape index (κ3) is 4.39. The first-order valence-electron chi connectivity index (χ1n) is 10.1. The van der Waals surface area contributed by atoms with E-state index < -0.39 is 0 Å². The Balaban J connectivity index is 1.79. The van der Waals surface area contributed by atoms with Crippen molar-refractivity contribution in [2.45, 2.75) is 27.3 Å². The smallest absolute Gasteiger partial charge is 0.258 e. The molecule has 0 saturated heterocycles. The Bertz CT molecular complexity index is 1340. The average Bonchev–Trinajstić information content (AvgIpc) is 2.74. The highest BCUT2D eigenvalue weighted by Gasteiger charge is 2.20. The van der Waals surface area contributed by atoms with Gasteiger partial charge in [-0.2, -0.15) is 0 Å². The van der Waals surface area contributed by atoms with E-state index in [9.17, 15) is 9.59 Å². The van der Waals surface area contributed by atoms with E-state index in [0.717, 1.165) is 33.3 Å². The zero-order valence-electron chi connectivity index (χ0n) is 17.7. The molecule has 3 aromatic carbocycles. The summed E-state index contributed by atoms with van der Waals surface area (Å²) in [5.74, 6) is -0.191. The first-order chi connectivity index (χ1) is 14.8. The van der Waals surface area contributed by atoms with Crippen LogP contribution in [-0.2, 0) is 6.54 Å². The van der Waals surface area contributed by atoms with Crippen molar-refractivity contribution in [2.24, 2.45) is 0 Å². The fourth-order valence-electron chi connectivity index (χ4n) is 3.57. The van der Waals surface area contributed by atoms with Gasteiger partial charge in [-0.1, -0.05) is 29.8 Å². The number of aromatic amines is 1. The minimum atomic E-state index is -0.198. The predicted molar refractivity (Wildman–Crippen MR) is 127 cm³/mol. The third-order valence-electron chi connectivity index (χ3n) is 5.55. The number of carbonyl (C=O) groups excluding carboxylic acids is 1. The summed E-state index contributed by atoms with van der Waals surface area (Å²) >= 11 is 6.00. The molecule has 0 spiro atoms. The highest BCUT2D eigenvalue weighted by molar-refractivity contribution is 6.30. The lowest BCUT2D eigenvalue weighted by atomic mass is 10.1. The van der Waals surface area contributed by atoms with E-state index in [0.29, 0.717) is 16.1 Å². The van der Waals surface area contributed by atoms with Gasteiger partial charge in [0.05, 0.1) is 6.54 Å². The summed E-state index contributed by atoms with van der Waals surface area (Å²) in [4.78, 5) is 30.9. The molecule has 31 heavy (non-hydrogen) atoms. The molecule has 0 fully saturated rings. The number of hydrogen-bond acceptors (Lipinski definition) is 2. The van der Waals surface area contributed by atoms with Crippen molar-refractivity contribution >= 4 is 34.1 Å². The second-order valence-corrected chi connectivity index (χ2v) is 8.32. The number of anilines is 1. The normalized spacial score (nSPS) is 11.0. The van der Waals surface area contributed by atoms with E-state index in [4.69, 9.17) is 11.6 Å². The lowest BCUT2D eigenvalue weighted by Gasteiger charge is -2.24. The van der Waals surface area contributed by atoms with Gasteiger partial charge in [0.2, 0.25) is 0 Å². The topological polar surface area (TPSA) is 53.2 Å². The molecule has 4 aromatic rings. The molecular weight excluding hydrogens is 408 g/mol. The molecule has 1 N–H and O–H groups in total. The summed E-state index contributed by atoms with van der Waals surface area (Å²) in [7, 11) is 0. The average molecular weight is 431 g/mol. The number of carbonyl (C=O) groups is 1. The van der Waals surface area contributed by atoms with Gasteiger partial charge in [-0.3, -0.25) is 9.59 Å². The molecule has 1 amide bonds. The molecule has 0 saturated carbocycles. The van der Waals surface area contributed by atoms with Crippen LogP contribution in [0.4, 0.5) is 5.69 Å². The molecule has 4 nitrogen and oxygen atoms in total. The van der Waals surface area contributed by atoms with Crippen molar-refractivity contribution in [3.63, 3.8) is 0 Å². The highest BCUT2D eigenvalue weighted by Crippen LogP contribution is 2.24. The molecule has 0 radical (unpaired) electrons. The van der Waals surface area contributed by atoms with Crippen molar-refractivity contribution < 1.29 is 4.79 Å². The van der Waals surface area contributed by atoms with Crippen LogP contribution < -0.4 is 10.5 Å². The second-order valence-electron chi connectivity index (χ2n) is 7.88. The maximum Gasteiger partial charge on any atom is 0.258 e. The first kappa shape index (κ1) is 20.9. The number of halogens is 1. The summed E-state index contributed by atoms with van der Waals surface area (Å²) in [5.41, 5.74) is 5.66. The highest BCUT2D eigenvalue weighted by atomic mass is 35.5. The molecule has 0 bridgehead atoms. The van der Waals surface area contributed by atoms with Gasteiger partial charge in [-0.15, -0.1) is 0 Å². The lowest BCUT2D eigenvalue weighted by molar-refractivity contribution is 0.0985. The van der Waals surface area contributed by atoms with Crippen LogP contribution in [-0.4, -0.2) is 10.9 Å². The van der Waals surface area contributed by atoms with E-state index in [1.54, 1.807) is 29.2 Å². The zero-order valence-corrected chi connectivity index (χ0v) is 18.5. The van der Waals surface area contributed by atoms with Gasteiger partial charge in [-0.25, -0.2) is 0 Å². The summed E-state index contributed by atoms with van der Waals surface area (Å²) in [6.07, 6.45) is 0. The molecule has 0 aliphatic carbocycles. The first-order valence-corrected chi connectivity index (χ1v) is 10.5. The van der Waals surface area contributed by atoms with Crippen LogP contribution in [0.5, 0.6) is 0 Å². The number of aromatic nitrogens is 1. The molecule has 1 aromatic heterocycles. The van der Waals surface area contributed by atoms with Crippen LogP contribution in [0.3, 0.4) is 0 Å². The number of H-pyrrole nitrogens is 1. The van der Waals surface area contributed by atoms with Crippen LogP contribution >= 0.6 is 11.6 Å². The Labute approximate surface area is 186 Å². The quantitative estimate of drug-likeness (QED) is 0.434. The monoisotopic (exact) mass is 430 g/mol. The summed E-state index contributed by atoms with van der Waals surface area (Å²) in [5, 5.41) is 1.50. The van der Waals surface area contributed by atoms with E-state index in [2.05, 4.69) is 4.98 Å². The Hall–Kier alpha value is -3.37. The summed E-state index contributed by atoms with van der Waals surface area (Å²) in [6.45, 7) is 6.18. The third-order valence-corrected chi connectivity index (χ3v) is 5.80. The number of rotatable bonds is 4. The van der Waals surface area contributed by atoms with Crippen LogP contribution in [0.15, 0.2) is 71.5 Å². The molecule has 5 heteroatoms. The molecule has 1 heterocycles. The van der Waals surface area contributed by atoms with Crippen LogP contribution in [0.25, 0.3) is 10.9 Å². The standard InChI is InChI=1S/C26H23ClN2O2/c1-16-4-6-20-14-21(25(30)28-24(20)12-16)15-29(23-11-5-17(2)18(3)13-23)26(31)19-7-9-22(27)10-8-19/h4-14H,15H2,1-3H3,(H,28,30). The fourth-order valence-corrected chi connectivity index (χ4v) is 3.70. The number of nitrogens with one attached hydrogen (secondary N) is 1. The number of pyridine rings is 1. The van der Waals surface area contributed by atoms with Gasteiger partial charge in [0.25, 0.3) is 11.5 Å². The maximum absolute atomic E-state index is 13.4. The van der Waals surface area contributed by atoms with E-state index >= 15 is 0 Å².